The lowest BCUT2D eigenvalue weighted by molar-refractivity contribution is 0.443. The summed E-state index contributed by atoms with van der Waals surface area (Å²) in [5.74, 6) is 2.41. The Labute approximate surface area is 116 Å². The lowest BCUT2D eigenvalue weighted by atomic mass is 9.98. The molecule has 2 aromatic rings. The van der Waals surface area contributed by atoms with Gasteiger partial charge in [-0.2, -0.15) is 0 Å². The van der Waals surface area contributed by atoms with Gasteiger partial charge in [0.2, 0.25) is 5.95 Å². The number of hydrogen-bond donors (Lipinski definition) is 2. The summed E-state index contributed by atoms with van der Waals surface area (Å²) in [6.45, 7) is 0.875. The molecule has 0 amide bonds. The number of nitrogens with zero attached hydrogens (tertiary/aromatic N) is 1. The molecule has 1 aromatic heterocycles. The highest BCUT2D eigenvalue weighted by molar-refractivity contribution is 6.18. The molecule has 0 aliphatic heterocycles. The Balaban J connectivity index is 1.68. The van der Waals surface area contributed by atoms with Gasteiger partial charge in [-0.3, -0.25) is 0 Å². The molecule has 19 heavy (non-hydrogen) atoms. The molecule has 0 saturated heterocycles. The number of alkyl halides is 1. The minimum atomic E-state index is -0.249. The molecule has 5 heteroatoms. The molecular formula is C14H17ClFN3. The molecule has 3 nitrogen and oxygen atoms in total. The minimum Gasteiger partial charge on any atom is -0.356 e. The number of rotatable bonds is 4. The number of halogens is 2. The first-order valence-electron chi connectivity index (χ1n) is 6.71. The van der Waals surface area contributed by atoms with E-state index in [2.05, 4.69) is 15.3 Å². The number of aromatic nitrogens is 2. The van der Waals surface area contributed by atoms with Crippen LogP contribution in [0.2, 0.25) is 0 Å². The van der Waals surface area contributed by atoms with Gasteiger partial charge in [-0.25, -0.2) is 9.37 Å². The number of nitrogens with one attached hydrogen (secondary N) is 2. The lowest BCUT2D eigenvalue weighted by Crippen LogP contribution is -2.19. The molecule has 0 spiro atoms. The summed E-state index contributed by atoms with van der Waals surface area (Å²) >= 11 is 5.97. The largest absolute Gasteiger partial charge is 0.356 e. The number of hydrogen-bond acceptors (Lipinski definition) is 2. The van der Waals surface area contributed by atoms with Crippen LogP contribution in [0.15, 0.2) is 18.2 Å². The zero-order valence-corrected chi connectivity index (χ0v) is 11.4. The second-order valence-electron chi connectivity index (χ2n) is 5.23. The van der Waals surface area contributed by atoms with Gasteiger partial charge in [-0.1, -0.05) is 6.42 Å². The van der Waals surface area contributed by atoms with Crippen LogP contribution in [0.3, 0.4) is 0 Å². The zero-order valence-electron chi connectivity index (χ0n) is 10.6. The number of fused-ring (bicyclic) bond motifs is 1. The molecule has 1 heterocycles. The molecule has 1 fully saturated rings. The van der Waals surface area contributed by atoms with Crippen LogP contribution in [-0.4, -0.2) is 22.4 Å². The Bertz CT molecular complexity index is 569. The molecule has 102 valence electrons. The van der Waals surface area contributed by atoms with Gasteiger partial charge in [0.05, 0.1) is 11.0 Å². The SMILES string of the molecule is Fc1ccc2nc(NCC3CCCC3CCl)[nH]c2c1. The number of aromatic amines is 1. The van der Waals surface area contributed by atoms with Crippen molar-refractivity contribution in [3.05, 3.63) is 24.0 Å². The van der Waals surface area contributed by atoms with Gasteiger partial charge in [-0.05, 0) is 42.9 Å². The first-order chi connectivity index (χ1) is 9.26. The van der Waals surface area contributed by atoms with Crippen molar-refractivity contribution in [1.29, 1.82) is 0 Å². The van der Waals surface area contributed by atoms with Gasteiger partial charge >= 0.3 is 0 Å². The van der Waals surface area contributed by atoms with Crippen LogP contribution in [0.4, 0.5) is 10.3 Å². The number of imidazole rings is 1. The molecule has 2 atom stereocenters. The molecule has 1 saturated carbocycles. The fourth-order valence-corrected chi connectivity index (χ4v) is 3.29. The predicted molar refractivity (Wildman–Crippen MR) is 76.1 cm³/mol. The van der Waals surface area contributed by atoms with Crippen molar-refractivity contribution in [3.63, 3.8) is 0 Å². The summed E-state index contributed by atoms with van der Waals surface area (Å²) in [4.78, 5) is 7.50. The van der Waals surface area contributed by atoms with Crippen LogP contribution in [0.25, 0.3) is 11.0 Å². The van der Waals surface area contributed by atoms with Crippen molar-refractivity contribution in [1.82, 2.24) is 9.97 Å². The highest BCUT2D eigenvalue weighted by atomic mass is 35.5. The number of benzene rings is 1. The summed E-state index contributed by atoms with van der Waals surface area (Å²) in [7, 11) is 0. The van der Waals surface area contributed by atoms with Crippen molar-refractivity contribution in [3.8, 4) is 0 Å². The van der Waals surface area contributed by atoms with Gasteiger partial charge in [0, 0.05) is 12.4 Å². The molecule has 0 bridgehead atoms. The van der Waals surface area contributed by atoms with E-state index < -0.39 is 0 Å². The van der Waals surface area contributed by atoms with E-state index >= 15 is 0 Å². The van der Waals surface area contributed by atoms with E-state index in [4.69, 9.17) is 11.6 Å². The highest BCUT2D eigenvalue weighted by Gasteiger charge is 2.26. The van der Waals surface area contributed by atoms with E-state index in [1.807, 2.05) is 0 Å². The van der Waals surface area contributed by atoms with Crippen LogP contribution < -0.4 is 5.32 Å². The Morgan fingerprint density at radius 2 is 2.21 bits per heavy atom. The van der Waals surface area contributed by atoms with Crippen molar-refractivity contribution in [2.75, 3.05) is 17.7 Å². The Morgan fingerprint density at radius 3 is 3.05 bits per heavy atom. The third kappa shape index (κ3) is 2.68. The molecule has 2 N–H and O–H groups in total. The number of H-pyrrole nitrogens is 1. The van der Waals surface area contributed by atoms with Gasteiger partial charge < -0.3 is 10.3 Å². The summed E-state index contributed by atoms with van der Waals surface area (Å²) < 4.78 is 13.1. The van der Waals surface area contributed by atoms with Crippen molar-refractivity contribution in [2.24, 2.45) is 11.8 Å². The van der Waals surface area contributed by atoms with Crippen molar-refractivity contribution < 1.29 is 4.39 Å². The summed E-state index contributed by atoms with van der Waals surface area (Å²) in [5.41, 5.74) is 1.51. The van der Waals surface area contributed by atoms with Crippen LogP contribution in [0, 0.1) is 17.7 Å². The maximum Gasteiger partial charge on any atom is 0.201 e. The van der Waals surface area contributed by atoms with E-state index in [9.17, 15) is 4.39 Å². The monoisotopic (exact) mass is 281 g/mol. The minimum absolute atomic E-state index is 0.249. The third-order valence-electron chi connectivity index (χ3n) is 3.99. The van der Waals surface area contributed by atoms with E-state index in [0.717, 1.165) is 23.5 Å². The molecule has 1 aliphatic carbocycles. The van der Waals surface area contributed by atoms with Crippen molar-refractivity contribution >= 4 is 28.6 Å². The topological polar surface area (TPSA) is 40.7 Å². The molecule has 3 rings (SSSR count). The summed E-state index contributed by atoms with van der Waals surface area (Å²) in [6, 6.07) is 4.57. The average Bonchev–Trinajstić information content (AvgIpc) is 3.01. The highest BCUT2D eigenvalue weighted by Crippen LogP contribution is 2.32. The quantitative estimate of drug-likeness (QED) is 0.838. The Morgan fingerprint density at radius 1 is 1.37 bits per heavy atom. The second-order valence-corrected chi connectivity index (χ2v) is 5.54. The van der Waals surface area contributed by atoms with Gasteiger partial charge in [0.1, 0.15) is 5.82 Å². The standard InChI is InChI=1S/C14H17ClFN3/c15-7-9-2-1-3-10(9)8-17-14-18-12-5-4-11(16)6-13(12)19-14/h4-6,9-10H,1-3,7-8H2,(H2,17,18,19). The van der Waals surface area contributed by atoms with Crippen LogP contribution in [0.1, 0.15) is 19.3 Å². The molecule has 0 radical (unpaired) electrons. The lowest BCUT2D eigenvalue weighted by Gasteiger charge is -2.17. The Hall–Kier alpha value is -1.29. The van der Waals surface area contributed by atoms with Crippen LogP contribution in [-0.2, 0) is 0 Å². The zero-order chi connectivity index (χ0) is 13.2. The fraction of sp³-hybridized carbons (Fsp3) is 0.500. The van der Waals surface area contributed by atoms with E-state index in [0.29, 0.717) is 17.8 Å². The number of anilines is 1. The summed E-state index contributed by atoms with van der Waals surface area (Å²) in [6.07, 6.45) is 3.70. The molecule has 1 aliphatic rings. The molecule has 2 unspecified atom stereocenters. The molecule has 1 aromatic carbocycles. The second kappa shape index (κ2) is 5.37. The smallest absolute Gasteiger partial charge is 0.201 e. The fourth-order valence-electron chi connectivity index (χ4n) is 2.88. The van der Waals surface area contributed by atoms with Crippen LogP contribution in [0.5, 0.6) is 0 Å². The van der Waals surface area contributed by atoms with Crippen LogP contribution >= 0.6 is 11.6 Å². The first kappa shape index (κ1) is 12.7. The van der Waals surface area contributed by atoms with E-state index in [1.165, 1.54) is 31.4 Å². The average molecular weight is 282 g/mol. The van der Waals surface area contributed by atoms with Gasteiger partial charge in [-0.15, -0.1) is 11.6 Å². The maximum absolute atomic E-state index is 13.1. The van der Waals surface area contributed by atoms with E-state index in [1.54, 1.807) is 6.07 Å². The summed E-state index contributed by atoms with van der Waals surface area (Å²) in [5, 5.41) is 3.31. The molecular weight excluding hydrogens is 265 g/mol. The normalized spacial score (nSPS) is 23.1. The third-order valence-corrected chi connectivity index (χ3v) is 4.39. The van der Waals surface area contributed by atoms with E-state index in [-0.39, 0.29) is 5.82 Å². The predicted octanol–water partition coefficient (Wildman–Crippen LogP) is 3.77. The van der Waals surface area contributed by atoms with Crippen molar-refractivity contribution in [2.45, 2.75) is 19.3 Å². The first-order valence-corrected chi connectivity index (χ1v) is 7.25. The maximum atomic E-state index is 13.1. The Kier molecular flexibility index (Phi) is 3.60. The van der Waals surface area contributed by atoms with Gasteiger partial charge in [0.25, 0.3) is 0 Å². The van der Waals surface area contributed by atoms with Gasteiger partial charge in [0.15, 0.2) is 0 Å².